The van der Waals surface area contributed by atoms with E-state index in [-0.39, 0.29) is 36.1 Å². The van der Waals surface area contributed by atoms with Crippen molar-refractivity contribution in [1.82, 2.24) is 15.1 Å². The standard InChI is InChI=1S/C18H31N3O2.ClH/c1-19-12-14-8-11-21(13-14)18(23)16-7-3-2-6-15(16)17(22)20-9-4-5-10-20;/h14-16,19H,2-13H2,1H3;1H. The maximum Gasteiger partial charge on any atom is 0.226 e. The van der Waals surface area contributed by atoms with Crippen LogP contribution in [-0.4, -0.2) is 61.4 Å². The highest BCUT2D eigenvalue weighted by Crippen LogP contribution is 2.34. The number of nitrogens with one attached hydrogen (secondary N) is 1. The van der Waals surface area contributed by atoms with Gasteiger partial charge in [0.25, 0.3) is 0 Å². The monoisotopic (exact) mass is 357 g/mol. The summed E-state index contributed by atoms with van der Waals surface area (Å²) in [6.07, 6.45) is 7.31. The highest BCUT2D eigenvalue weighted by molar-refractivity contribution is 5.88. The number of carbonyl (C=O) groups excluding carboxylic acids is 2. The molecule has 0 radical (unpaired) electrons. The first-order chi connectivity index (χ1) is 11.2. The largest absolute Gasteiger partial charge is 0.342 e. The highest BCUT2D eigenvalue weighted by atomic mass is 35.5. The van der Waals surface area contributed by atoms with Gasteiger partial charge in [0.2, 0.25) is 11.8 Å². The van der Waals surface area contributed by atoms with Crippen molar-refractivity contribution in [2.75, 3.05) is 39.8 Å². The first-order valence-electron chi connectivity index (χ1n) is 9.43. The molecule has 2 heterocycles. The van der Waals surface area contributed by atoms with Crippen molar-refractivity contribution in [3.05, 3.63) is 0 Å². The van der Waals surface area contributed by atoms with Crippen molar-refractivity contribution < 1.29 is 9.59 Å². The molecular formula is C18H32ClN3O2. The molecule has 3 aliphatic rings. The number of hydrogen-bond donors (Lipinski definition) is 1. The van der Waals surface area contributed by atoms with E-state index < -0.39 is 0 Å². The lowest BCUT2D eigenvalue weighted by Gasteiger charge is -2.34. The predicted molar refractivity (Wildman–Crippen MR) is 97.1 cm³/mol. The molecule has 2 amide bonds. The Morgan fingerprint density at radius 1 is 0.875 bits per heavy atom. The molecule has 2 saturated heterocycles. The molecular weight excluding hydrogens is 326 g/mol. The van der Waals surface area contributed by atoms with E-state index in [1.807, 2.05) is 16.8 Å². The van der Waals surface area contributed by atoms with E-state index in [9.17, 15) is 9.59 Å². The van der Waals surface area contributed by atoms with Gasteiger partial charge in [-0.1, -0.05) is 12.8 Å². The lowest BCUT2D eigenvalue weighted by molar-refractivity contribution is -0.147. The Morgan fingerprint density at radius 3 is 2.04 bits per heavy atom. The van der Waals surface area contributed by atoms with Gasteiger partial charge >= 0.3 is 0 Å². The molecule has 6 heteroatoms. The van der Waals surface area contributed by atoms with E-state index in [0.717, 1.165) is 77.7 Å². The van der Waals surface area contributed by atoms with E-state index in [2.05, 4.69) is 5.32 Å². The second-order valence-electron chi connectivity index (χ2n) is 7.53. The van der Waals surface area contributed by atoms with Gasteiger partial charge in [-0.3, -0.25) is 9.59 Å². The van der Waals surface area contributed by atoms with Gasteiger partial charge in [0, 0.05) is 38.0 Å². The molecule has 3 unspecified atom stereocenters. The third-order valence-electron chi connectivity index (χ3n) is 5.91. The average molecular weight is 358 g/mol. The predicted octanol–water partition coefficient (Wildman–Crippen LogP) is 1.90. The summed E-state index contributed by atoms with van der Waals surface area (Å²) in [5.74, 6) is 0.954. The van der Waals surface area contributed by atoms with Crippen molar-refractivity contribution in [1.29, 1.82) is 0 Å². The zero-order chi connectivity index (χ0) is 16.2. The molecule has 1 N–H and O–H groups in total. The summed E-state index contributed by atoms with van der Waals surface area (Å²) in [6.45, 7) is 4.49. The van der Waals surface area contributed by atoms with Gasteiger partial charge in [-0.25, -0.2) is 0 Å². The third-order valence-corrected chi connectivity index (χ3v) is 5.91. The van der Waals surface area contributed by atoms with Gasteiger partial charge in [0.05, 0.1) is 0 Å². The molecule has 0 bridgehead atoms. The van der Waals surface area contributed by atoms with E-state index >= 15 is 0 Å². The molecule has 0 spiro atoms. The van der Waals surface area contributed by atoms with Crippen LogP contribution in [0.25, 0.3) is 0 Å². The zero-order valence-corrected chi connectivity index (χ0v) is 15.7. The van der Waals surface area contributed by atoms with Crippen LogP contribution in [0.3, 0.4) is 0 Å². The quantitative estimate of drug-likeness (QED) is 0.836. The van der Waals surface area contributed by atoms with E-state index in [0.29, 0.717) is 5.92 Å². The van der Waals surface area contributed by atoms with Crippen molar-refractivity contribution in [2.24, 2.45) is 17.8 Å². The minimum Gasteiger partial charge on any atom is -0.342 e. The lowest BCUT2D eigenvalue weighted by atomic mass is 9.77. The maximum atomic E-state index is 13.0. The molecule has 5 nitrogen and oxygen atoms in total. The van der Waals surface area contributed by atoms with Gasteiger partial charge < -0.3 is 15.1 Å². The molecule has 0 aromatic rings. The molecule has 0 aromatic carbocycles. The van der Waals surface area contributed by atoms with Gasteiger partial charge in [0.1, 0.15) is 0 Å². The molecule has 1 aliphatic carbocycles. The summed E-state index contributed by atoms with van der Waals surface area (Å²) in [7, 11) is 1.97. The van der Waals surface area contributed by atoms with E-state index in [1.165, 1.54) is 0 Å². The zero-order valence-electron chi connectivity index (χ0n) is 14.8. The van der Waals surface area contributed by atoms with Gasteiger partial charge in [-0.15, -0.1) is 12.4 Å². The maximum absolute atomic E-state index is 13.0. The molecule has 1 saturated carbocycles. The van der Waals surface area contributed by atoms with E-state index in [4.69, 9.17) is 0 Å². The molecule has 3 rings (SSSR count). The average Bonchev–Trinajstić information content (AvgIpc) is 3.26. The topological polar surface area (TPSA) is 52.7 Å². The summed E-state index contributed by atoms with van der Waals surface area (Å²) in [4.78, 5) is 29.9. The minimum absolute atomic E-state index is 0. The fourth-order valence-electron chi connectivity index (χ4n) is 4.62. The minimum atomic E-state index is -0.0646. The summed E-state index contributed by atoms with van der Waals surface area (Å²) < 4.78 is 0. The number of rotatable bonds is 4. The Hall–Kier alpha value is -0.810. The molecule has 2 aliphatic heterocycles. The summed E-state index contributed by atoms with van der Waals surface area (Å²) in [5.41, 5.74) is 0. The molecule has 3 atom stereocenters. The van der Waals surface area contributed by atoms with Gasteiger partial charge in [-0.05, 0) is 51.6 Å². The lowest BCUT2D eigenvalue weighted by Crippen LogP contribution is -2.45. The van der Waals surface area contributed by atoms with Gasteiger partial charge in [-0.2, -0.15) is 0 Å². The SMILES string of the molecule is CNCC1CCN(C(=O)C2CCCCC2C(=O)N2CCCC2)C1.Cl. The number of amides is 2. The van der Waals surface area contributed by atoms with Crippen molar-refractivity contribution in [3.8, 4) is 0 Å². The molecule has 24 heavy (non-hydrogen) atoms. The van der Waals surface area contributed by atoms with Crippen LogP contribution in [0.5, 0.6) is 0 Å². The Balaban J connectivity index is 0.00000208. The van der Waals surface area contributed by atoms with Crippen LogP contribution >= 0.6 is 12.4 Å². The van der Waals surface area contributed by atoms with Crippen molar-refractivity contribution >= 4 is 24.2 Å². The molecule has 138 valence electrons. The number of halogens is 1. The van der Waals surface area contributed by atoms with Crippen LogP contribution in [0.4, 0.5) is 0 Å². The van der Waals surface area contributed by atoms with Crippen LogP contribution < -0.4 is 5.32 Å². The van der Waals surface area contributed by atoms with E-state index in [1.54, 1.807) is 0 Å². The highest BCUT2D eigenvalue weighted by Gasteiger charge is 2.41. The third kappa shape index (κ3) is 4.23. The van der Waals surface area contributed by atoms with Crippen LogP contribution in [0.1, 0.15) is 44.9 Å². The van der Waals surface area contributed by atoms with Crippen LogP contribution in [0, 0.1) is 17.8 Å². The summed E-state index contributed by atoms with van der Waals surface area (Å²) in [5, 5.41) is 3.21. The second-order valence-corrected chi connectivity index (χ2v) is 7.53. The number of carbonyl (C=O) groups is 2. The fraction of sp³-hybridized carbons (Fsp3) is 0.889. The molecule has 3 fully saturated rings. The Bertz CT molecular complexity index is 440. The van der Waals surface area contributed by atoms with Gasteiger partial charge in [0.15, 0.2) is 0 Å². The van der Waals surface area contributed by atoms with Crippen LogP contribution in [0.15, 0.2) is 0 Å². The Morgan fingerprint density at radius 2 is 1.46 bits per heavy atom. The number of hydrogen-bond acceptors (Lipinski definition) is 3. The Kier molecular flexibility index (Phi) is 7.35. The summed E-state index contributed by atoms with van der Waals surface area (Å²) in [6, 6.07) is 0. The molecule has 0 aromatic heterocycles. The smallest absolute Gasteiger partial charge is 0.226 e. The number of likely N-dealkylation sites (tertiary alicyclic amines) is 2. The normalized spacial score (nSPS) is 30.3. The fourth-order valence-corrected chi connectivity index (χ4v) is 4.62. The summed E-state index contributed by atoms with van der Waals surface area (Å²) >= 11 is 0. The second kappa shape index (κ2) is 9.04. The first kappa shape index (κ1) is 19.5. The Labute approximate surface area is 151 Å². The van der Waals surface area contributed by atoms with Crippen LogP contribution in [0.2, 0.25) is 0 Å². The number of nitrogens with zero attached hydrogens (tertiary/aromatic N) is 2. The first-order valence-corrected chi connectivity index (χ1v) is 9.43. The van der Waals surface area contributed by atoms with Crippen LogP contribution in [-0.2, 0) is 9.59 Å². The van der Waals surface area contributed by atoms with Crippen molar-refractivity contribution in [3.63, 3.8) is 0 Å². The van der Waals surface area contributed by atoms with Crippen molar-refractivity contribution in [2.45, 2.75) is 44.9 Å².